The number of carbonyl (C=O) groups is 1. The summed E-state index contributed by atoms with van der Waals surface area (Å²) in [6.07, 6.45) is 4.59. The first kappa shape index (κ1) is 11.5. The second kappa shape index (κ2) is 6.02. The fraction of sp³-hybridized carbons (Fsp3) is 0.556. The zero-order valence-corrected chi connectivity index (χ0v) is 8.52. The van der Waals surface area contributed by atoms with Crippen LogP contribution in [0.2, 0.25) is 0 Å². The molecule has 6 nitrogen and oxygen atoms in total. The first-order chi connectivity index (χ1) is 7.22. The fourth-order valence-electron chi connectivity index (χ4n) is 1.13. The van der Waals surface area contributed by atoms with E-state index in [4.69, 9.17) is 10.8 Å². The molecule has 0 atom stereocenters. The number of unbranched alkanes of at least 4 members (excludes halogenated alkanes) is 1. The molecule has 0 spiro atoms. The van der Waals surface area contributed by atoms with Gasteiger partial charge in [-0.25, -0.2) is 0 Å². The number of carbonyl (C=O) groups excluding carboxylic acids is 1. The molecular formula is C9H16N4O2. The standard InChI is InChI=1S/C9H16N4O2/c10-8-5-12-13(6-8)7-9(15)11-3-1-2-4-14/h5-6,14H,1-4,7,10H2,(H,11,15). The number of aliphatic hydroxyl groups excluding tert-OH is 1. The minimum absolute atomic E-state index is 0.101. The summed E-state index contributed by atoms with van der Waals surface area (Å²) in [4.78, 5) is 11.3. The molecule has 0 aliphatic heterocycles. The van der Waals surface area contributed by atoms with Crippen LogP contribution in [0, 0.1) is 0 Å². The second-order valence-electron chi connectivity index (χ2n) is 3.25. The van der Waals surface area contributed by atoms with E-state index in [1.807, 2.05) is 0 Å². The Morgan fingerprint density at radius 2 is 2.40 bits per heavy atom. The predicted molar refractivity (Wildman–Crippen MR) is 56.0 cm³/mol. The minimum atomic E-state index is -0.101. The lowest BCUT2D eigenvalue weighted by Crippen LogP contribution is -2.28. The van der Waals surface area contributed by atoms with Crippen molar-refractivity contribution in [1.29, 1.82) is 0 Å². The van der Waals surface area contributed by atoms with Crippen LogP contribution in [0.3, 0.4) is 0 Å². The number of aliphatic hydroxyl groups is 1. The first-order valence-corrected chi connectivity index (χ1v) is 4.88. The summed E-state index contributed by atoms with van der Waals surface area (Å²) in [6, 6.07) is 0. The van der Waals surface area contributed by atoms with Gasteiger partial charge in [-0.3, -0.25) is 9.48 Å². The highest BCUT2D eigenvalue weighted by Gasteiger charge is 2.02. The summed E-state index contributed by atoms with van der Waals surface area (Å²) >= 11 is 0. The molecule has 1 aromatic heterocycles. The van der Waals surface area contributed by atoms with Crippen molar-refractivity contribution in [2.75, 3.05) is 18.9 Å². The third kappa shape index (κ3) is 4.46. The lowest BCUT2D eigenvalue weighted by atomic mass is 10.3. The van der Waals surface area contributed by atoms with E-state index in [1.165, 1.54) is 10.9 Å². The van der Waals surface area contributed by atoms with Crippen LogP contribution in [-0.4, -0.2) is 33.9 Å². The number of rotatable bonds is 6. The Morgan fingerprint density at radius 3 is 3.00 bits per heavy atom. The van der Waals surface area contributed by atoms with Crippen LogP contribution < -0.4 is 11.1 Å². The molecule has 0 fully saturated rings. The molecule has 1 heterocycles. The highest BCUT2D eigenvalue weighted by molar-refractivity contribution is 5.75. The molecule has 15 heavy (non-hydrogen) atoms. The van der Waals surface area contributed by atoms with Gasteiger partial charge in [-0.1, -0.05) is 0 Å². The molecule has 0 radical (unpaired) electrons. The molecule has 4 N–H and O–H groups in total. The molecule has 0 aliphatic rings. The van der Waals surface area contributed by atoms with Crippen molar-refractivity contribution < 1.29 is 9.90 Å². The number of nitrogen functional groups attached to an aromatic ring is 1. The Balaban J connectivity index is 2.18. The second-order valence-corrected chi connectivity index (χ2v) is 3.25. The smallest absolute Gasteiger partial charge is 0.241 e. The lowest BCUT2D eigenvalue weighted by molar-refractivity contribution is -0.121. The Labute approximate surface area is 88.1 Å². The zero-order chi connectivity index (χ0) is 11.1. The number of amides is 1. The average Bonchev–Trinajstić information content (AvgIpc) is 2.59. The third-order valence-electron chi connectivity index (χ3n) is 1.87. The highest BCUT2D eigenvalue weighted by Crippen LogP contribution is 1.96. The molecular weight excluding hydrogens is 196 g/mol. The van der Waals surface area contributed by atoms with Crippen LogP contribution in [0.25, 0.3) is 0 Å². The van der Waals surface area contributed by atoms with E-state index >= 15 is 0 Å². The van der Waals surface area contributed by atoms with Crippen molar-refractivity contribution in [3.8, 4) is 0 Å². The van der Waals surface area contributed by atoms with E-state index < -0.39 is 0 Å². The number of nitrogens with one attached hydrogen (secondary N) is 1. The number of nitrogens with zero attached hydrogens (tertiary/aromatic N) is 2. The number of anilines is 1. The Morgan fingerprint density at radius 1 is 1.60 bits per heavy atom. The van der Waals surface area contributed by atoms with Crippen LogP contribution in [0.1, 0.15) is 12.8 Å². The number of hydrogen-bond acceptors (Lipinski definition) is 4. The Bertz CT molecular complexity index is 311. The van der Waals surface area contributed by atoms with Crippen molar-refractivity contribution in [1.82, 2.24) is 15.1 Å². The number of aromatic nitrogens is 2. The molecule has 0 saturated carbocycles. The zero-order valence-electron chi connectivity index (χ0n) is 8.52. The summed E-state index contributed by atoms with van der Waals surface area (Å²) in [7, 11) is 0. The molecule has 1 rings (SSSR count). The summed E-state index contributed by atoms with van der Waals surface area (Å²) in [6.45, 7) is 0.915. The Hall–Kier alpha value is -1.56. The number of nitrogens with two attached hydrogens (primary N) is 1. The van der Waals surface area contributed by atoms with Gasteiger partial charge >= 0.3 is 0 Å². The fourth-order valence-corrected chi connectivity index (χ4v) is 1.13. The van der Waals surface area contributed by atoms with Crippen molar-refractivity contribution in [3.63, 3.8) is 0 Å². The molecule has 0 aromatic carbocycles. The van der Waals surface area contributed by atoms with Crippen LogP contribution in [0.5, 0.6) is 0 Å². The maximum atomic E-state index is 11.3. The van der Waals surface area contributed by atoms with Gasteiger partial charge in [0.25, 0.3) is 0 Å². The summed E-state index contributed by atoms with van der Waals surface area (Å²) in [5, 5.41) is 15.1. The van der Waals surface area contributed by atoms with Crippen molar-refractivity contribution in [2.24, 2.45) is 0 Å². The third-order valence-corrected chi connectivity index (χ3v) is 1.87. The van der Waals surface area contributed by atoms with Gasteiger partial charge in [0.1, 0.15) is 6.54 Å². The van der Waals surface area contributed by atoms with Gasteiger partial charge in [-0.2, -0.15) is 5.10 Å². The summed E-state index contributed by atoms with van der Waals surface area (Å²) in [5.41, 5.74) is 6.00. The maximum absolute atomic E-state index is 11.3. The lowest BCUT2D eigenvalue weighted by Gasteiger charge is -2.04. The van der Waals surface area contributed by atoms with E-state index in [0.29, 0.717) is 18.7 Å². The monoisotopic (exact) mass is 212 g/mol. The molecule has 0 saturated heterocycles. The average molecular weight is 212 g/mol. The van der Waals surface area contributed by atoms with E-state index in [-0.39, 0.29) is 19.1 Å². The van der Waals surface area contributed by atoms with E-state index in [0.717, 1.165) is 6.42 Å². The van der Waals surface area contributed by atoms with Crippen molar-refractivity contribution >= 4 is 11.6 Å². The van der Waals surface area contributed by atoms with Gasteiger partial charge in [-0.05, 0) is 12.8 Å². The van der Waals surface area contributed by atoms with Gasteiger partial charge in [0.15, 0.2) is 0 Å². The van der Waals surface area contributed by atoms with Crippen LogP contribution in [-0.2, 0) is 11.3 Å². The molecule has 1 aromatic rings. The predicted octanol–water partition coefficient (Wildman–Crippen LogP) is -0.646. The summed E-state index contributed by atoms with van der Waals surface area (Å²) < 4.78 is 1.48. The van der Waals surface area contributed by atoms with E-state index in [1.54, 1.807) is 6.20 Å². The van der Waals surface area contributed by atoms with Gasteiger partial charge in [-0.15, -0.1) is 0 Å². The topological polar surface area (TPSA) is 93.2 Å². The van der Waals surface area contributed by atoms with Crippen molar-refractivity contribution in [2.45, 2.75) is 19.4 Å². The summed E-state index contributed by atoms with van der Waals surface area (Å²) in [5.74, 6) is -0.101. The molecule has 6 heteroatoms. The molecule has 1 amide bonds. The van der Waals surface area contributed by atoms with E-state index in [9.17, 15) is 4.79 Å². The highest BCUT2D eigenvalue weighted by atomic mass is 16.2. The quantitative estimate of drug-likeness (QED) is 0.546. The molecule has 0 bridgehead atoms. The molecule has 0 aliphatic carbocycles. The van der Waals surface area contributed by atoms with Crippen LogP contribution in [0.4, 0.5) is 5.69 Å². The van der Waals surface area contributed by atoms with Gasteiger partial charge in [0.05, 0.1) is 11.9 Å². The molecule has 84 valence electrons. The van der Waals surface area contributed by atoms with Gasteiger partial charge < -0.3 is 16.2 Å². The van der Waals surface area contributed by atoms with Crippen molar-refractivity contribution in [3.05, 3.63) is 12.4 Å². The first-order valence-electron chi connectivity index (χ1n) is 4.88. The van der Waals surface area contributed by atoms with Crippen LogP contribution >= 0.6 is 0 Å². The number of hydrogen-bond donors (Lipinski definition) is 3. The SMILES string of the molecule is Nc1cnn(CC(=O)NCCCCO)c1. The normalized spacial score (nSPS) is 10.2. The largest absolute Gasteiger partial charge is 0.396 e. The molecule has 0 unspecified atom stereocenters. The van der Waals surface area contributed by atoms with Crippen LogP contribution in [0.15, 0.2) is 12.4 Å². The Kier molecular flexibility index (Phi) is 4.62. The minimum Gasteiger partial charge on any atom is -0.396 e. The van der Waals surface area contributed by atoms with Gasteiger partial charge in [0, 0.05) is 19.3 Å². The van der Waals surface area contributed by atoms with E-state index in [2.05, 4.69) is 10.4 Å². The van der Waals surface area contributed by atoms with Gasteiger partial charge in [0.2, 0.25) is 5.91 Å². The maximum Gasteiger partial charge on any atom is 0.241 e.